The van der Waals surface area contributed by atoms with Crippen LogP contribution in [0.1, 0.15) is 426 Å². The highest BCUT2D eigenvalue weighted by molar-refractivity contribution is 7.47. The molecule has 19 heteroatoms. The van der Waals surface area contributed by atoms with Gasteiger partial charge in [-0.15, -0.1) is 0 Å². The van der Waals surface area contributed by atoms with Crippen LogP contribution in [0.2, 0.25) is 0 Å². The molecule has 0 heterocycles. The van der Waals surface area contributed by atoms with E-state index in [4.69, 9.17) is 37.0 Å². The molecule has 17 nitrogen and oxygen atoms in total. The van der Waals surface area contributed by atoms with Crippen molar-refractivity contribution in [1.29, 1.82) is 0 Å². The summed E-state index contributed by atoms with van der Waals surface area (Å²) >= 11 is 0. The van der Waals surface area contributed by atoms with E-state index >= 15 is 0 Å². The lowest BCUT2D eigenvalue weighted by Crippen LogP contribution is -2.30. The third-order valence-electron chi connectivity index (χ3n) is 18.8. The smallest absolute Gasteiger partial charge is 0.462 e. The van der Waals surface area contributed by atoms with Crippen molar-refractivity contribution in [2.45, 2.75) is 444 Å². The lowest BCUT2D eigenvalue weighted by Gasteiger charge is -2.21. The molecule has 5 atom stereocenters. The molecule has 2 unspecified atom stereocenters. The minimum atomic E-state index is -4.96. The summed E-state index contributed by atoms with van der Waals surface area (Å²) in [5, 5.41) is 10.6. The van der Waals surface area contributed by atoms with Crippen LogP contribution < -0.4 is 0 Å². The first kappa shape index (κ1) is 97.8. The molecule has 0 fully saturated rings. The molecule has 0 radical (unpaired) electrons. The third kappa shape index (κ3) is 74.1. The van der Waals surface area contributed by atoms with Crippen LogP contribution in [-0.4, -0.2) is 96.7 Å². The summed E-state index contributed by atoms with van der Waals surface area (Å²) in [6.45, 7) is 5.01. The van der Waals surface area contributed by atoms with Crippen LogP contribution >= 0.6 is 15.6 Å². The minimum Gasteiger partial charge on any atom is -0.462 e. The van der Waals surface area contributed by atoms with Gasteiger partial charge in [-0.25, -0.2) is 9.13 Å². The van der Waals surface area contributed by atoms with Gasteiger partial charge in [0.2, 0.25) is 0 Å². The molecule has 0 aromatic carbocycles. The quantitative estimate of drug-likeness (QED) is 0.0169. The maximum Gasteiger partial charge on any atom is 0.472 e. The zero-order valence-corrected chi connectivity index (χ0v) is 66.7. The molecule has 0 aliphatic rings. The monoisotopic (exact) mass is 1460 g/mol. The molecule has 0 amide bonds. The number of ether oxygens (including phenoxy) is 4. The van der Waals surface area contributed by atoms with E-state index in [0.29, 0.717) is 25.7 Å². The van der Waals surface area contributed by atoms with Crippen molar-refractivity contribution in [2.75, 3.05) is 39.6 Å². The standard InChI is InChI=1S/C81H156O17P2/c1-5-9-13-17-21-25-29-33-36-37-40-44-48-52-56-60-64-68-81(86)98-77(72-92-79(84)66-62-58-54-50-46-43-39-35-31-27-23-19-15-11-7-3)74-96-100(89,90)94-70-75(82)69-93-99(87,88)95-73-76(97-80(85)67-63-59-55-51-47-41-32-28-24-20-16-12-8-4)71-91-78(83)65-61-57-53-49-45-42-38-34-30-26-22-18-14-10-6-2/h34,38,75-77,82H,5-33,35-37,39-74H2,1-4H3,(H,87,88)(H,89,90)/b38-34-/t75-,76-,77-/m1/s1. The van der Waals surface area contributed by atoms with Gasteiger partial charge >= 0.3 is 39.5 Å². The average Bonchev–Trinajstić information content (AvgIpc) is 0.958. The van der Waals surface area contributed by atoms with Crippen molar-refractivity contribution in [3.63, 3.8) is 0 Å². The van der Waals surface area contributed by atoms with Gasteiger partial charge in [0.1, 0.15) is 19.3 Å². The van der Waals surface area contributed by atoms with E-state index in [-0.39, 0.29) is 25.7 Å². The summed E-state index contributed by atoms with van der Waals surface area (Å²) in [5.41, 5.74) is 0. The van der Waals surface area contributed by atoms with E-state index in [9.17, 15) is 43.2 Å². The van der Waals surface area contributed by atoms with E-state index in [1.165, 1.54) is 238 Å². The predicted octanol–water partition coefficient (Wildman–Crippen LogP) is 24.3. The molecular formula is C81H156O17P2. The Labute approximate surface area is 612 Å². The Kier molecular flexibility index (Phi) is 73.4. The van der Waals surface area contributed by atoms with Gasteiger partial charge in [0.05, 0.1) is 26.4 Å². The van der Waals surface area contributed by atoms with Crippen LogP contribution in [0.4, 0.5) is 0 Å². The maximum absolute atomic E-state index is 13.1. The van der Waals surface area contributed by atoms with E-state index in [2.05, 4.69) is 39.8 Å². The molecule has 0 saturated carbocycles. The number of hydrogen-bond acceptors (Lipinski definition) is 15. The molecule has 0 aromatic heterocycles. The summed E-state index contributed by atoms with van der Waals surface area (Å²) < 4.78 is 68.7. The van der Waals surface area contributed by atoms with Crippen molar-refractivity contribution in [3.05, 3.63) is 12.2 Å². The maximum atomic E-state index is 13.1. The molecule has 0 spiro atoms. The molecule has 100 heavy (non-hydrogen) atoms. The molecule has 3 N–H and O–H groups in total. The van der Waals surface area contributed by atoms with Crippen molar-refractivity contribution in [3.8, 4) is 0 Å². The summed E-state index contributed by atoms with van der Waals surface area (Å²) in [6, 6.07) is 0. The fourth-order valence-corrected chi connectivity index (χ4v) is 13.9. The molecular weight excluding hydrogens is 1310 g/mol. The summed E-state index contributed by atoms with van der Waals surface area (Å²) in [4.78, 5) is 73.1. The van der Waals surface area contributed by atoms with Gasteiger partial charge in [-0.3, -0.25) is 37.3 Å². The van der Waals surface area contributed by atoms with Gasteiger partial charge < -0.3 is 33.8 Å². The van der Waals surface area contributed by atoms with E-state index < -0.39 is 97.5 Å². The number of phosphoric acid groups is 2. The molecule has 0 rings (SSSR count). The number of carbonyl (C=O) groups is 4. The summed E-state index contributed by atoms with van der Waals surface area (Å²) in [7, 11) is -9.92. The van der Waals surface area contributed by atoms with Gasteiger partial charge in [0.15, 0.2) is 12.2 Å². The number of aliphatic hydroxyl groups excluding tert-OH is 1. The van der Waals surface area contributed by atoms with Crippen LogP contribution in [-0.2, 0) is 65.4 Å². The third-order valence-corrected chi connectivity index (χ3v) is 20.7. The number of hydrogen-bond donors (Lipinski definition) is 3. The predicted molar refractivity (Wildman–Crippen MR) is 409 cm³/mol. The molecule has 0 aliphatic heterocycles. The van der Waals surface area contributed by atoms with Crippen molar-refractivity contribution >= 4 is 39.5 Å². The molecule has 0 saturated heterocycles. The van der Waals surface area contributed by atoms with Gasteiger partial charge in [-0.2, -0.15) is 0 Å². The fourth-order valence-electron chi connectivity index (χ4n) is 12.3. The minimum absolute atomic E-state index is 0.105. The van der Waals surface area contributed by atoms with Crippen LogP contribution in [0.5, 0.6) is 0 Å². The Morgan fingerprint density at radius 2 is 0.460 bits per heavy atom. The van der Waals surface area contributed by atoms with Crippen LogP contribution in [0, 0.1) is 0 Å². The highest BCUT2D eigenvalue weighted by atomic mass is 31.2. The van der Waals surface area contributed by atoms with Gasteiger partial charge in [-0.05, 0) is 51.4 Å². The molecule has 0 aliphatic carbocycles. The Morgan fingerprint density at radius 1 is 0.270 bits per heavy atom. The second-order valence-corrected chi connectivity index (χ2v) is 31.7. The second kappa shape index (κ2) is 75.0. The number of rotatable bonds is 81. The zero-order chi connectivity index (χ0) is 73.2. The Morgan fingerprint density at radius 3 is 0.690 bits per heavy atom. The number of carbonyl (C=O) groups excluding carboxylic acids is 4. The normalized spacial score (nSPS) is 13.9. The Bertz CT molecular complexity index is 1940. The van der Waals surface area contributed by atoms with E-state index in [1.807, 2.05) is 0 Å². The van der Waals surface area contributed by atoms with Crippen LogP contribution in [0.15, 0.2) is 12.2 Å². The largest absolute Gasteiger partial charge is 0.472 e. The van der Waals surface area contributed by atoms with Crippen molar-refractivity contribution in [1.82, 2.24) is 0 Å². The van der Waals surface area contributed by atoms with Crippen LogP contribution in [0.25, 0.3) is 0 Å². The highest BCUT2D eigenvalue weighted by Crippen LogP contribution is 2.45. The van der Waals surface area contributed by atoms with Crippen LogP contribution in [0.3, 0.4) is 0 Å². The topological polar surface area (TPSA) is 237 Å². The first-order chi connectivity index (χ1) is 48.7. The zero-order valence-electron chi connectivity index (χ0n) is 64.9. The molecule has 592 valence electrons. The number of phosphoric ester groups is 2. The summed E-state index contributed by atoms with van der Waals surface area (Å²) in [5.74, 6) is -2.12. The lowest BCUT2D eigenvalue weighted by molar-refractivity contribution is -0.161. The number of allylic oxidation sites excluding steroid dienone is 2. The highest BCUT2D eigenvalue weighted by Gasteiger charge is 2.30. The Balaban J connectivity index is 5.28. The second-order valence-electron chi connectivity index (χ2n) is 28.8. The van der Waals surface area contributed by atoms with Gasteiger partial charge in [0.25, 0.3) is 0 Å². The Hall–Kier alpha value is -2.20. The van der Waals surface area contributed by atoms with Gasteiger partial charge in [0, 0.05) is 25.7 Å². The first-order valence-corrected chi connectivity index (χ1v) is 44.9. The SMILES string of the molecule is CCCCCCCC/C=C\CCCCCCCC(=O)OC[C@H](COP(=O)(O)OC[C@@H](O)COP(=O)(O)OC[C@@H](COC(=O)CCCCCCCCCCCCCCCCC)OC(=O)CCCCCCCCCCCCCCCCCCC)OC(=O)CCCCCCCCCCCCCCC. The first-order valence-electron chi connectivity index (χ1n) is 41.9. The number of esters is 4. The number of unbranched alkanes of at least 4 members (excludes halogenated alkanes) is 53. The van der Waals surface area contributed by atoms with Gasteiger partial charge in [-0.1, -0.05) is 361 Å². The molecule has 0 bridgehead atoms. The van der Waals surface area contributed by atoms with Crippen molar-refractivity contribution < 1.29 is 80.2 Å². The number of aliphatic hydroxyl groups is 1. The summed E-state index contributed by atoms with van der Waals surface area (Å²) in [6.07, 6.45) is 68.9. The average molecular weight is 1460 g/mol. The van der Waals surface area contributed by atoms with Crippen molar-refractivity contribution in [2.24, 2.45) is 0 Å². The molecule has 0 aromatic rings. The van der Waals surface area contributed by atoms with E-state index in [0.717, 1.165) is 109 Å². The lowest BCUT2D eigenvalue weighted by atomic mass is 10.0. The van der Waals surface area contributed by atoms with E-state index in [1.54, 1.807) is 0 Å². The fraction of sp³-hybridized carbons (Fsp3) is 0.926.